The number of halogens is 2. The number of hydrogen-bond acceptors (Lipinski definition) is 5. The number of ether oxygens (including phenoxy) is 3. The van der Waals surface area contributed by atoms with E-state index in [-0.39, 0.29) is 0 Å². The third-order valence-corrected chi connectivity index (χ3v) is 4.02. The Hall–Kier alpha value is -3.74. The normalized spacial score (nSPS) is 10.3. The molecule has 0 atom stereocenters. The predicted octanol–water partition coefficient (Wildman–Crippen LogP) is 4.35. The molecule has 0 fully saturated rings. The third kappa shape index (κ3) is 6.13. The molecule has 3 aromatic rings. The van der Waals surface area contributed by atoms with Crippen LogP contribution in [0.15, 0.2) is 72.8 Å². The molecule has 0 aromatic heterocycles. The van der Waals surface area contributed by atoms with E-state index in [1.54, 1.807) is 24.3 Å². The Bertz CT molecular complexity index is 1000. The average molecular weight is 412 g/mol. The number of carbonyl (C=O) groups excluding carboxylic acids is 2. The number of carbonyl (C=O) groups is 2. The lowest BCUT2D eigenvalue weighted by atomic mass is 10.1. The van der Waals surface area contributed by atoms with Crippen LogP contribution in [0.5, 0.6) is 11.5 Å². The molecule has 154 valence electrons. The van der Waals surface area contributed by atoms with E-state index in [1.165, 1.54) is 0 Å². The van der Waals surface area contributed by atoms with Crippen LogP contribution in [0.3, 0.4) is 0 Å². The van der Waals surface area contributed by atoms with Gasteiger partial charge in [0.25, 0.3) is 0 Å². The Morgan fingerprint density at radius 2 is 1.43 bits per heavy atom. The fourth-order valence-corrected chi connectivity index (χ4v) is 2.49. The first-order chi connectivity index (χ1) is 14.5. The summed E-state index contributed by atoms with van der Waals surface area (Å²) < 4.78 is 42.4. The lowest BCUT2D eigenvalue weighted by Gasteiger charge is -2.09. The zero-order valence-corrected chi connectivity index (χ0v) is 15.8. The van der Waals surface area contributed by atoms with E-state index in [4.69, 9.17) is 14.2 Å². The standard InChI is InChI=1S/C23H18F2O5/c24-17-6-11-21(25)20(12-17)22(26)14-30-23(27)15-29-19-9-7-18(8-10-19)28-13-16-4-2-1-3-5-16/h1-12H,13-15H2. The van der Waals surface area contributed by atoms with Crippen LogP contribution in [-0.4, -0.2) is 25.0 Å². The fraction of sp³-hybridized carbons (Fsp3) is 0.130. The molecule has 30 heavy (non-hydrogen) atoms. The lowest BCUT2D eigenvalue weighted by Crippen LogP contribution is -2.20. The Morgan fingerprint density at radius 3 is 2.13 bits per heavy atom. The van der Waals surface area contributed by atoms with Gasteiger partial charge in [0.15, 0.2) is 13.2 Å². The van der Waals surface area contributed by atoms with Crippen molar-refractivity contribution in [3.8, 4) is 11.5 Å². The van der Waals surface area contributed by atoms with E-state index in [0.717, 1.165) is 23.8 Å². The van der Waals surface area contributed by atoms with E-state index in [0.29, 0.717) is 18.1 Å². The van der Waals surface area contributed by atoms with Gasteiger partial charge in [-0.15, -0.1) is 0 Å². The van der Waals surface area contributed by atoms with Gasteiger partial charge in [-0.2, -0.15) is 0 Å². The van der Waals surface area contributed by atoms with E-state index >= 15 is 0 Å². The van der Waals surface area contributed by atoms with Crippen LogP contribution in [0.2, 0.25) is 0 Å². The molecular formula is C23H18F2O5. The molecule has 5 nitrogen and oxygen atoms in total. The van der Waals surface area contributed by atoms with Gasteiger partial charge in [-0.25, -0.2) is 13.6 Å². The summed E-state index contributed by atoms with van der Waals surface area (Å²) in [7, 11) is 0. The fourth-order valence-electron chi connectivity index (χ4n) is 2.49. The molecule has 0 saturated carbocycles. The molecule has 0 radical (unpaired) electrons. The van der Waals surface area contributed by atoms with Crippen molar-refractivity contribution in [1.82, 2.24) is 0 Å². The molecule has 0 heterocycles. The van der Waals surface area contributed by atoms with Crippen molar-refractivity contribution < 1.29 is 32.6 Å². The highest BCUT2D eigenvalue weighted by Crippen LogP contribution is 2.19. The molecule has 7 heteroatoms. The highest BCUT2D eigenvalue weighted by molar-refractivity contribution is 5.98. The average Bonchev–Trinajstić information content (AvgIpc) is 2.77. The minimum absolute atomic E-state index is 0.404. The number of esters is 1. The molecule has 3 aromatic carbocycles. The zero-order valence-electron chi connectivity index (χ0n) is 15.8. The summed E-state index contributed by atoms with van der Waals surface area (Å²) >= 11 is 0. The number of rotatable bonds is 9. The molecule has 0 unspecified atom stereocenters. The second kappa shape index (κ2) is 10.2. The highest BCUT2D eigenvalue weighted by Gasteiger charge is 2.15. The van der Waals surface area contributed by atoms with Crippen LogP contribution in [0.25, 0.3) is 0 Å². The maximum Gasteiger partial charge on any atom is 0.344 e. The second-order valence-corrected chi connectivity index (χ2v) is 6.24. The van der Waals surface area contributed by atoms with Crippen LogP contribution in [0.1, 0.15) is 15.9 Å². The number of benzene rings is 3. The monoisotopic (exact) mass is 412 g/mol. The van der Waals surface area contributed by atoms with Gasteiger partial charge in [-0.1, -0.05) is 30.3 Å². The largest absolute Gasteiger partial charge is 0.489 e. The quantitative estimate of drug-likeness (QED) is 0.386. The summed E-state index contributed by atoms with van der Waals surface area (Å²) in [4.78, 5) is 23.6. The first-order valence-electron chi connectivity index (χ1n) is 9.05. The van der Waals surface area contributed by atoms with Crippen molar-refractivity contribution >= 4 is 11.8 Å². The molecule has 0 saturated heterocycles. The van der Waals surface area contributed by atoms with Gasteiger partial charge in [-0.05, 0) is 48.0 Å². The van der Waals surface area contributed by atoms with Gasteiger partial charge in [0.05, 0.1) is 5.56 Å². The maximum atomic E-state index is 13.5. The maximum absolute atomic E-state index is 13.5. The second-order valence-electron chi connectivity index (χ2n) is 6.24. The summed E-state index contributed by atoms with van der Waals surface area (Å²) in [5, 5.41) is 0. The van der Waals surface area contributed by atoms with Gasteiger partial charge in [0.1, 0.15) is 29.7 Å². The van der Waals surface area contributed by atoms with Crippen LogP contribution >= 0.6 is 0 Å². The number of Topliss-reactive ketones (excluding diaryl/α,β-unsaturated/α-hetero) is 1. The topological polar surface area (TPSA) is 61.8 Å². The minimum atomic E-state index is -0.886. The molecule has 0 amide bonds. The Labute approximate surface area is 171 Å². The molecule has 0 spiro atoms. The lowest BCUT2D eigenvalue weighted by molar-refractivity contribution is -0.144. The summed E-state index contributed by atoms with van der Waals surface area (Å²) in [5.74, 6) is -2.27. The first kappa shape index (κ1) is 21.0. The molecular weight excluding hydrogens is 394 g/mol. The molecule has 0 bridgehead atoms. The summed E-state index contributed by atoms with van der Waals surface area (Å²) in [6.07, 6.45) is 0. The summed E-state index contributed by atoms with van der Waals surface area (Å²) in [5.41, 5.74) is 0.558. The van der Waals surface area contributed by atoms with Crippen LogP contribution in [-0.2, 0) is 16.1 Å². The Kier molecular flexibility index (Phi) is 7.10. The van der Waals surface area contributed by atoms with Gasteiger partial charge in [0, 0.05) is 0 Å². The van der Waals surface area contributed by atoms with Crippen molar-refractivity contribution in [2.75, 3.05) is 13.2 Å². The Morgan fingerprint density at radius 1 is 0.767 bits per heavy atom. The van der Waals surface area contributed by atoms with E-state index in [1.807, 2.05) is 30.3 Å². The van der Waals surface area contributed by atoms with Crippen molar-refractivity contribution in [1.29, 1.82) is 0 Å². The van der Waals surface area contributed by atoms with Gasteiger partial charge >= 0.3 is 5.97 Å². The zero-order chi connectivity index (χ0) is 21.3. The predicted molar refractivity (Wildman–Crippen MR) is 104 cm³/mol. The minimum Gasteiger partial charge on any atom is -0.489 e. The van der Waals surface area contributed by atoms with Crippen LogP contribution in [0, 0.1) is 11.6 Å². The number of hydrogen-bond donors (Lipinski definition) is 0. The van der Waals surface area contributed by atoms with Gasteiger partial charge in [-0.3, -0.25) is 4.79 Å². The Balaban J connectivity index is 1.42. The van der Waals surface area contributed by atoms with Crippen LogP contribution in [0.4, 0.5) is 8.78 Å². The third-order valence-electron chi connectivity index (χ3n) is 4.02. The molecule has 0 aliphatic heterocycles. The van der Waals surface area contributed by atoms with E-state index in [9.17, 15) is 18.4 Å². The van der Waals surface area contributed by atoms with Crippen LogP contribution < -0.4 is 9.47 Å². The van der Waals surface area contributed by atoms with Gasteiger partial charge < -0.3 is 14.2 Å². The van der Waals surface area contributed by atoms with Crippen molar-refractivity contribution in [2.45, 2.75) is 6.61 Å². The SMILES string of the molecule is O=C(COc1ccc(OCc2ccccc2)cc1)OCC(=O)c1cc(F)ccc1F. The highest BCUT2D eigenvalue weighted by atomic mass is 19.1. The first-order valence-corrected chi connectivity index (χ1v) is 9.05. The van der Waals surface area contributed by atoms with Crippen molar-refractivity contribution in [3.63, 3.8) is 0 Å². The number of ketones is 1. The van der Waals surface area contributed by atoms with E-state index in [2.05, 4.69) is 0 Å². The van der Waals surface area contributed by atoms with E-state index < -0.39 is 42.2 Å². The molecule has 0 N–H and O–H groups in total. The summed E-state index contributed by atoms with van der Waals surface area (Å²) in [6, 6.07) is 18.8. The molecule has 3 rings (SSSR count). The smallest absolute Gasteiger partial charge is 0.344 e. The van der Waals surface area contributed by atoms with Crippen molar-refractivity contribution in [3.05, 3.63) is 95.6 Å². The van der Waals surface area contributed by atoms with Gasteiger partial charge in [0.2, 0.25) is 5.78 Å². The molecule has 0 aliphatic carbocycles. The molecule has 0 aliphatic rings. The summed E-state index contributed by atoms with van der Waals surface area (Å²) in [6.45, 7) is -0.731. The van der Waals surface area contributed by atoms with Crippen molar-refractivity contribution in [2.24, 2.45) is 0 Å².